The van der Waals surface area contributed by atoms with Crippen LogP contribution in [0, 0.1) is 29.5 Å². The molecule has 2 aromatic carbocycles. The molecule has 12 rings (SSSR count). The highest BCUT2D eigenvalue weighted by Crippen LogP contribution is 2.56. The molecule has 4 fully saturated rings. The summed E-state index contributed by atoms with van der Waals surface area (Å²) in [7, 11) is 3.20. The molecule has 6 aliphatic heterocycles. The number of carbonyl (C=O) groups excluding carboxylic acids is 4. The average Bonchev–Trinajstić information content (AvgIpc) is 3.85. The number of aromatic nitrogens is 4. The van der Waals surface area contributed by atoms with Crippen LogP contribution in [0.4, 0.5) is 4.39 Å². The lowest BCUT2D eigenvalue weighted by atomic mass is 9.68. The number of aliphatic hydroxyl groups is 2. The van der Waals surface area contributed by atoms with Crippen molar-refractivity contribution in [1.29, 1.82) is 0 Å². The molecule has 0 unspecified atom stereocenters. The second-order valence-electron chi connectivity index (χ2n) is 16.4. The first-order chi connectivity index (χ1) is 27.1. The van der Waals surface area contributed by atoms with Gasteiger partial charge in [0, 0.05) is 81.2 Å². The van der Waals surface area contributed by atoms with Crippen LogP contribution in [0.5, 0.6) is 0 Å². The summed E-state index contributed by atoms with van der Waals surface area (Å²) in [5.41, 5.74) is 4.75. The Morgan fingerprint density at radius 3 is 2.12 bits per heavy atom. The first-order valence-electron chi connectivity index (χ1n) is 19.0. The van der Waals surface area contributed by atoms with Gasteiger partial charge >= 0.3 is 0 Å². The van der Waals surface area contributed by atoms with Crippen LogP contribution >= 0.6 is 0 Å². The van der Waals surface area contributed by atoms with Crippen molar-refractivity contribution >= 4 is 23.6 Å². The normalized spacial score (nSPS) is 28.5. The third kappa shape index (κ3) is 5.19. The van der Waals surface area contributed by atoms with Crippen molar-refractivity contribution in [2.75, 3.05) is 27.2 Å². The molecule has 15 heteroatoms. The summed E-state index contributed by atoms with van der Waals surface area (Å²) < 4.78 is 19.4. The summed E-state index contributed by atoms with van der Waals surface area (Å²) in [4.78, 5) is 63.9. The smallest absolute Gasteiger partial charge is 0.272 e. The van der Waals surface area contributed by atoms with Crippen molar-refractivity contribution in [2.45, 2.75) is 73.3 Å². The lowest BCUT2D eigenvalue weighted by Crippen LogP contribution is -2.54. The van der Waals surface area contributed by atoms with E-state index in [1.165, 1.54) is 15.9 Å². The number of nitrogens with zero attached hydrogens (tertiary/aromatic N) is 6. The van der Waals surface area contributed by atoms with Crippen molar-refractivity contribution in [3.8, 4) is 46.5 Å². The SMILES string of the molecule is CN1CC[C@](O)(C#Cc2ccc3c(c2)-c2nc(C(N)=O)cn2C2CC3(NC(=O)c3cn4c(n3)-c3cc(C#C[C@@]5(O)CCN(C)C5=O)c(F)cc3C3CC4C3)C2)C1=O. The minimum Gasteiger partial charge on any atom is -0.369 e. The maximum Gasteiger partial charge on any atom is 0.272 e. The summed E-state index contributed by atoms with van der Waals surface area (Å²) in [6, 6.07) is 8.43. The number of primary amides is 1. The van der Waals surface area contributed by atoms with Crippen molar-refractivity contribution in [1.82, 2.24) is 34.2 Å². The third-order valence-corrected chi connectivity index (χ3v) is 12.8. The fourth-order valence-corrected chi connectivity index (χ4v) is 9.38. The largest absolute Gasteiger partial charge is 0.369 e. The van der Waals surface area contributed by atoms with E-state index in [9.17, 15) is 29.4 Å². The number of likely N-dealkylation sites (tertiary alicyclic amines) is 2. The minimum atomic E-state index is -1.89. The number of rotatable bonds is 3. The lowest BCUT2D eigenvalue weighted by molar-refractivity contribution is -0.138. The molecule has 4 amide bonds. The van der Waals surface area contributed by atoms with Crippen LogP contribution < -0.4 is 11.1 Å². The second-order valence-corrected chi connectivity index (χ2v) is 16.4. The number of amides is 4. The predicted octanol–water partition coefficient (Wildman–Crippen LogP) is 1.95. The van der Waals surface area contributed by atoms with E-state index in [0.29, 0.717) is 54.3 Å². The van der Waals surface area contributed by atoms with Gasteiger partial charge < -0.3 is 40.2 Å². The first kappa shape index (κ1) is 35.1. The number of carbonyl (C=O) groups is 4. The molecule has 4 aromatic rings. The molecule has 57 heavy (non-hydrogen) atoms. The number of nitrogens with one attached hydrogen (secondary N) is 1. The molecule has 4 bridgehead atoms. The summed E-state index contributed by atoms with van der Waals surface area (Å²) in [5.74, 6) is 9.56. The van der Waals surface area contributed by atoms with Crippen molar-refractivity contribution in [3.05, 3.63) is 82.2 Å². The molecule has 0 radical (unpaired) electrons. The van der Waals surface area contributed by atoms with Crippen LogP contribution in [0.25, 0.3) is 22.8 Å². The van der Waals surface area contributed by atoms with Gasteiger partial charge in [0.05, 0.1) is 11.1 Å². The zero-order valence-corrected chi connectivity index (χ0v) is 31.1. The molecular formula is C42H37FN8O6. The molecular weight excluding hydrogens is 732 g/mol. The molecule has 2 aliphatic carbocycles. The minimum absolute atomic E-state index is 0.0241. The van der Waals surface area contributed by atoms with E-state index >= 15 is 4.39 Å². The molecule has 5 N–H and O–H groups in total. The number of likely N-dealkylation sites (N-methyl/N-ethyl adjacent to an activating group) is 2. The number of halogens is 1. The van der Waals surface area contributed by atoms with Gasteiger partial charge in [-0.3, -0.25) is 19.2 Å². The Labute approximate surface area is 325 Å². The Bertz CT molecular complexity index is 2650. The first-order valence-corrected chi connectivity index (χ1v) is 19.0. The highest BCUT2D eigenvalue weighted by atomic mass is 19.1. The second kappa shape index (κ2) is 11.9. The van der Waals surface area contributed by atoms with Crippen molar-refractivity contribution < 1.29 is 33.8 Å². The number of nitrogens with two attached hydrogens (primary N) is 1. The van der Waals surface area contributed by atoms with E-state index in [0.717, 1.165) is 24.0 Å². The highest BCUT2D eigenvalue weighted by molar-refractivity contribution is 5.95. The van der Waals surface area contributed by atoms with E-state index in [1.54, 1.807) is 44.7 Å². The Morgan fingerprint density at radius 1 is 0.860 bits per heavy atom. The topological polar surface area (TPSA) is 189 Å². The number of benzene rings is 2. The summed E-state index contributed by atoms with van der Waals surface area (Å²) in [6.45, 7) is 0.734. The summed E-state index contributed by atoms with van der Waals surface area (Å²) in [6.07, 6.45) is 6.17. The van der Waals surface area contributed by atoms with E-state index in [-0.39, 0.29) is 47.8 Å². The van der Waals surface area contributed by atoms with Gasteiger partial charge in [-0.25, -0.2) is 14.4 Å². The molecule has 2 aromatic heterocycles. The lowest BCUT2D eigenvalue weighted by Gasteiger charge is -2.47. The molecule has 2 saturated carbocycles. The molecule has 0 spiro atoms. The van der Waals surface area contributed by atoms with Crippen LogP contribution in [0.15, 0.2) is 42.7 Å². The Morgan fingerprint density at radius 2 is 1.47 bits per heavy atom. The van der Waals surface area contributed by atoms with Gasteiger partial charge in [-0.15, -0.1) is 0 Å². The van der Waals surface area contributed by atoms with Gasteiger partial charge in [0.1, 0.15) is 28.9 Å². The van der Waals surface area contributed by atoms with E-state index in [4.69, 9.17) is 10.7 Å². The maximum atomic E-state index is 15.5. The fraction of sp³-hybridized carbons (Fsp3) is 0.381. The Kier molecular flexibility index (Phi) is 7.32. The van der Waals surface area contributed by atoms with E-state index in [1.807, 2.05) is 15.2 Å². The van der Waals surface area contributed by atoms with Gasteiger partial charge in [0.15, 0.2) is 0 Å². The number of hydrogen-bond donors (Lipinski definition) is 4. The van der Waals surface area contributed by atoms with Crippen LogP contribution in [-0.2, 0) is 15.1 Å². The third-order valence-electron chi connectivity index (χ3n) is 12.8. The quantitative estimate of drug-likeness (QED) is 0.228. The Balaban J connectivity index is 0.997. The van der Waals surface area contributed by atoms with Crippen LogP contribution in [0.2, 0.25) is 0 Å². The monoisotopic (exact) mass is 768 g/mol. The van der Waals surface area contributed by atoms with Gasteiger partial charge in [-0.05, 0) is 67.0 Å². The van der Waals surface area contributed by atoms with Gasteiger partial charge in [-0.2, -0.15) is 0 Å². The molecule has 8 aliphatic rings. The standard InChI is InChI=1S/C42H37FN8O6/c1-48-11-9-41(56,38(48)54)7-5-22-3-4-30-29(13-22)36-45-32(34(44)52)20-51(36)26-18-40(30,19-26)47-37(53)33-21-50-25-14-24(15-25)27-17-31(43)23(16-28(27)35(50)46-33)6-8-42(57)10-12-49(2)39(42)55/h3-4,13,16-17,20-21,24-26,56-57H,9-12,14-15,18-19H2,1-2H3,(H2,44,52)(H,47,53)/t24?,25?,26?,40?,41-,42-/m1/s1. The van der Waals surface area contributed by atoms with Gasteiger partial charge in [-0.1, -0.05) is 29.7 Å². The fourth-order valence-electron chi connectivity index (χ4n) is 9.38. The number of hydrogen-bond acceptors (Lipinski definition) is 8. The summed E-state index contributed by atoms with van der Waals surface area (Å²) in [5, 5.41) is 25.1. The van der Waals surface area contributed by atoms with Gasteiger partial charge in [0.25, 0.3) is 23.6 Å². The number of imidazole rings is 2. The van der Waals surface area contributed by atoms with Crippen molar-refractivity contribution in [3.63, 3.8) is 0 Å². The average molecular weight is 769 g/mol. The summed E-state index contributed by atoms with van der Waals surface area (Å²) >= 11 is 0. The van der Waals surface area contributed by atoms with Crippen LogP contribution in [-0.4, -0.2) is 101 Å². The molecule has 8 heterocycles. The van der Waals surface area contributed by atoms with E-state index < -0.39 is 46.2 Å². The highest BCUT2D eigenvalue weighted by Gasteiger charge is 2.53. The van der Waals surface area contributed by atoms with Crippen LogP contribution in [0.3, 0.4) is 0 Å². The maximum absolute atomic E-state index is 15.5. The predicted molar refractivity (Wildman–Crippen MR) is 200 cm³/mol. The molecule has 2 atom stereocenters. The molecule has 14 nitrogen and oxygen atoms in total. The zero-order valence-electron chi connectivity index (χ0n) is 31.1. The van der Waals surface area contributed by atoms with Gasteiger partial charge in [0.2, 0.25) is 11.2 Å². The van der Waals surface area contributed by atoms with Crippen molar-refractivity contribution in [2.24, 2.45) is 5.73 Å². The van der Waals surface area contributed by atoms with E-state index in [2.05, 4.69) is 34.0 Å². The molecule has 2 saturated heterocycles. The zero-order chi connectivity index (χ0) is 39.8. The van der Waals surface area contributed by atoms with Crippen LogP contribution in [0.1, 0.15) is 99.8 Å². The molecule has 288 valence electrons. The Hall–Kier alpha value is -6.29.